The van der Waals surface area contributed by atoms with Gasteiger partial charge in [0.25, 0.3) is 0 Å². The highest BCUT2D eigenvalue weighted by Gasteiger charge is 2.05. The first-order valence-corrected chi connectivity index (χ1v) is 7.40. The Morgan fingerprint density at radius 3 is 2.37 bits per heavy atom. The summed E-state index contributed by atoms with van der Waals surface area (Å²) in [5, 5.41) is 8.81. The van der Waals surface area contributed by atoms with Crippen LogP contribution in [0.25, 0.3) is 0 Å². The Morgan fingerprint density at radius 2 is 1.79 bits per heavy atom. The number of carboxylic acid groups (broad SMARTS) is 1. The molecule has 0 amide bonds. The van der Waals surface area contributed by atoms with Crippen molar-refractivity contribution in [1.29, 1.82) is 0 Å². The van der Waals surface area contributed by atoms with E-state index in [2.05, 4.69) is 28.1 Å². The van der Waals surface area contributed by atoms with E-state index >= 15 is 0 Å². The van der Waals surface area contributed by atoms with Crippen molar-refractivity contribution in [3.05, 3.63) is 58.1 Å². The molecule has 2 aromatic rings. The van der Waals surface area contributed by atoms with Crippen LogP contribution in [-0.2, 0) is 11.2 Å². The number of benzene rings is 2. The summed E-state index contributed by atoms with van der Waals surface area (Å²) in [4.78, 5) is 13.0. The molecule has 0 atom stereocenters. The van der Waals surface area contributed by atoms with Crippen LogP contribution in [0.3, 0.4) is 0 Å². The van der Waals surface area contributed by atoms with E-state index < -0.39 is 5.97 Å². The summed E-state index contributed by atoms with van der Waals surface area (Å²) in [6.07, 6.45) is 0.0784. The lowest BCUT2D eigenvalue weighted by molar-refractivity contribution is -0.136. The van der Waals surface area contributed by atoms with E-state index in [1.54, 1.807) is 11.8 Å². The quantitative estimate of drug-likeness (QED) is 0.890. The number of carboxylic acids is 1. The van der Waals surface area contributed by atoms with Crippen LogP contribution in [0.5, 0.6) is 0 Å². The van der Waals surface area contributed by atoms with Gasteiger partial charge in [0.1, 0.15) is 0 Å². The Kier molecular flexibility index (Phi) is 4.66. The molecule has 0 fully saturated rings. The van der Waals surface area contributed by atoms with Crippen molar-refractivity contribution in [2.24, 2.45) is 0 Å². The molecule has 0 bridgehead atoms. The second kappa shape index (κ2) is 6.26. The maximum Gasteiger partial charge on any atom is 0.307 e. The molecule has 0 radical (unpaired) electrons. The van der Waals surface area contributed by atoms with Gasteiger partial charge in [-0.15, -0.1) is 0 Å². The Morgan fingerprint density at radius 1 is 1.16 bits per heavy atom. The second-order valence-corrected chi connectivity index (χ2v) is 6.28. The van der Waals surface area contributed by atoms with Gasteiger partial charge in [0.05, 0.1) is 6.42 Å². The van der Waals surface area contributed by atoms with Crippen molar-refractivity contribution in [3.63, 3.8) is 0 Å². The van der Waals surface area contributed by atoms with Gasteiger partial charge in [-0.25, -0.2) is 0 Å². The van der Waals surface area contributed by atoms with Crippen LogP contribution in [0.2, 0.25) is 0 Å². The summed E-state index contributed by atoms with van der Waals surface area (Å²) in [5.74, 6) is -0.795. The minimum atomic E-state index is -0.795. The molecular weight excluding hydrogens is 324 g/mol. The SMILES string of the molecule is Cc1cc(Sc2ccc(Br)cc2)ccc1CC(=O)O. The molecule has 2 rings (SSSR count). The first kappa shape index (κ1) is 14.2. The Balaban J connectivity index is 2.15. The van der Waals surface area contributed by atoms with Crippen molar-refractivity contribution in [1.82, 2.24) is 0 Å². The molecule has 0 aliphatic carbocycles. The van der Waals surface area contributed by atoms with Gasteiger partial charge in [0.2, 0.25) is 0 Å². The molecule has 0 spiro atoms. The number of aryl methyl sites for hydroxylation is 1. The van der Waals surface area contributed by atoms with E-state index in [0.717, 1.165) is 25.4 Å². The van der Waals surface area contributed by atoms with Gasteiger partial charge in [-0.1, -0.05) is 33.8 Å². The third kappa shape index (κ3) is 4.11. The molecule has 4 heteroatoms. The third-order valence-electron chi connectivity index (χ3n) is 2.71. The molecule has 0 aliphatic heterocycles. The van der Waals surface area contributed by atoms with Crippen molar-refractivity contribution in [3.8, 4) is 0 Å². The minimum Gasteiger partial charge on any atom is -0.481 e. The van der Waals surface area contributed by atoms with E-state index in [9.17, 15) is 4.79 Å². The van der Waals surface area contributed by atoms with Gasteiger partial charge >= 0.3 is 5.97 Å². The first-order chi connectivity index (χ1) is 9.04. The predicted molar refractivity (Wildman–Crippen MR) is 80.8 cm³/mol. The van der Waals surface area contributed by atoms with Crippen LogP contribution < -0.4 is 0 Å². The van der Waals surface area contributed by atoms with Crippen LogP contribution >= 0.6 is 27.7 Å². The summed E-state index contributed by atoms with van der Waals surface area (Å²) in [6, 6.07) is 14.0. The predicted octanol–water partition coefficient (Wildman–Crippen LogP) is 4.54. The molecule has 0 saturated carbocycles. The highest BCUT2D eigenvalue weighted by Crippen LogP contribution is 2.30. The number of carbonyl (C=O) groups is 1. The fourth-order valence-corrected chi connectivity index (χ4v) is 2.91. The van der Waals surface area contributed by atoms with E-state index in [1.165, 1.54) is 0 Å². The standard InChI is InChI=1S/C15H13BrO2S/c1-10-8-14(5-2-11(10)9-15(17)18)19-13-6-3-12(16)4-7-13/h2-8H,9H2,1H3,(H,17,18). The molecular formula is C15H13BrO2S. The Labute approximate surface area is 125 Å². The normalized spacial score (nSPS) is 10.4. The third-order valence-corrected chi connectivity index (χ3v) is 4.23. The van der Waals surface area contributed by atoms with E-state index in [-0.39, 0.29) is 6.42 Å². The van der Waals surface area contributed by atoms with E-state index in [1.807, 2.05) is 37.3 Å². The number of rotatable bonds is 4. The van der Waals surface area contributed by atoms with E-state index in [4.69, 9.17) is 5.11 Å². The molecule has 19 heavy (non-hydrogen) atoms. The van der Waals surface area contributed by atoms with E-state index in [0.29, 0.717) is 0 Å². The zero-order chi connectivity index (χ0) is 13.8. The number of hydrogen-bond acceptors (Lipinski definition) is 2. The summed E-state index contributed by atoms with van der Waals surface area (Å²) >= 11 is 5.08. The lowest BCUT2D eigenvalue weighted by atomic mass is 10.1. The largest absolute Gasteiger partial charge is 0.481 e. The average Bonchev–Trinajstić information content (AvgIpc) is 2.35. The van der Waals surface area contributed by atoms with Crippen LogP contribution in [0.15, 0.2) is 56.7 Å². The summed E-state index contributed by atoms with van der Waals surface area (Å²) in [5.41, 5.74) is 1.89. The Hall–Kier alpha value is -1.26. The highest BCUT2D eigenvalue weighted by molar-refractivity contribution is 9.10. The van der Waals surface area contributed by atoms with Gasteiger partial charge in [-0.2, -0.15) is 0 Å². The van der Waals surface area contributed by atoms with Crippen LogP contribution in [0.1, 0.15) is 11.1 Å². The topological polar surface area (TPSA) is 37.3 Å². The lowest BCUT2D eigenvalue weighted by Gasteiger charge is -2.07. The molecule has 0 aliphatic rings. The van der Waals surface area contributed by atoms with Gasteiger partial charge in [-0.3, -0.25) is 4.79 Å². The van der Waals surface area contributed by atoms with Crippen molar-refractivity contribution >= 4 is 33.7 Å². The van der Waals surface area contributed by atoms with Gasteiger partial charge in [-0.05, 0) is 54.4 Å². The molecule has 2 nitrogen and oxygen atoms in total. The average molecular weight is 337 g/mol. The van der Waals surface area contributed by atoms with Crippen molar-refractivity contribution in [2.45, 2.75) is 23.1 Å². The van der Waals surface area contributed by atoms with Gasteiger partial charge in [0.15, 0.2) is 0 Å². The monoisotopic (exact) mass is 336 g/mol. The fraction of sp³-hybridized carbons (Fsp3) is 0.133. The number of aliphatic carboxylic acids is 1. The molecule has 0 saturated heterocycles. The first-order valence-electron chi connectivity index (χ1n) is 5.79. The fourth-order valence-electron chi connectivity index (χ4n) is 1.73. The number of hydrogen-bond donors (Lipinski definition) is 1. The summed E-state index contributed by atoms with van der Waals surface area (Å²) in [6.45, 7) is 1.95. The molecule has 1 N–H and O–H groups in total. The summed E-state index contributed by atoms with van der Waals surface area (Å²) in [7, 11) is 0. The van der Waals surface area contributed by atoms with Gasteiger partial charge in [0, 0.05) is 14.3 Å². The smallest absolute Gasteiger partial charge is 0.307 e. The maximum absolute atomic E-state index is 10.7. The van der Waals surface area contributed by atoms with Crippen LogP contribution in [0, 0.1) is 6.92 Å². The molecule has 0 heterocycles. The van der Waals surface area contributed by atoms with Crippen molar-refractivity contribution in [2.75, 3.05) is 0 Å². The Bertz CT molecular complexity index is 594. The van der Waals surface area contributed by atoms with Crippen LogP contribution in [0.4, 0.5) is 0 Å². The molecule has 0 unspecified atom stereocenters. The van der Waals surface area contributed by atoms with Gasteiger partial charge < -0.3 is 5.11 Å². The highest BCUT2D eigenvalue weighted by atomic mass is 79.9. The maximum atomic E-state index is 10.7. The summed E-state index contributed by atoms with van der Waals surface area (Å²) < 4.78 is 1.06. The zero-order valence-corrected chi connectivity index (χ0v) is 12.8. The molecule has 0 aromatic heterocycles. The van der Waals surface area contributed by atoms with Crippen molar-refractivity contribution < 1.29 is 9.90 Å². The lowest BCUT2D eigenvalue weighted by Crippen LogP contribution is -2.01. The number of halogens is 1. The second-order valence-electron chi connectivity index (χ2n) is 4.21. The molecule has 98 valence electrons. The molecule has 2 aromatic carbocycles. The zero-order valence-electron chi connectivity index (χ0n) is 10.4. The minimum absolute atomic E-state index is 0.0784. The van der Waals surface area contributed by atoms with Crippen LogP contribution in [-0.4, -0.2) is 11.1 Å².